The van der Waals surface area contributed by atoms with Crippen molar-refractivity contribution in [3.8, 4) is 11.5 Å². The average Bonchev–Trinajstić information content (AvgIpc) is 2.81. The fourth-order valence-electron chi connectivity index (χ4n) is 2.89. The summed E-state index contributed by atoms with van der Waals surface area (Å²) < 4.78 is 137. The van der Waals surface area contributed by atoms with Crippen LogP contribution in [0.5, 0.6) is 11.5 Å². The molecule has 3 rings (SSSR count). The highest BCUT2D eigenvalue weighted by Gasteiger charge is 2.50. The maximum Gasteiger partial charge on any atom is 0.446 e. The van der Waals surface area contributed by atoms with Gasteiger partial charge in [0.1, 0.15) is 11.9 Å². The summed E-state index contributed by atoms with van der Waals surface area (Å²) in [6.07, 6.45) is -9.04. The molecule has 1 unspecified atom stereocenters. The molecule has 1 atom stereocenters. The van der Waals surface area contributed by atoms with E-state index in [1.165, 1.54) is 0 Å². The van der Waals surface area contributed by atoms with Crippen LogP contribution in [0.1, 0.15) is 22.8 Å². The van der Waals surface area contributed by atoms with E-state index in [1.54, 1.807) is 0 Å². The molecule has 1 N–H and O–H groups in total. The second kappa shape index (κ2) is 7.22. The molecule has 2 aromatic carbocycles. The summed E-state index contributed by atoms with van der Waals surface area (Å²) >= 11 is -0.785. The van der Waals surface area contributed by atoms with Gasteiger partial charge in [-0.05, 0) is 36.0 Å². The largest absolute Gasteiger partial charge is 0.451 e. The fourth-order valence-corrected chi connectivity index (χ4v) is 3.62. The standard InChI is InChI=1S/C17H8F10O2S/c18-8-3-6(16(22,23)24)4-9(19)13(8)29-10-1-2-11(30-17(25,26)27)12-7(10)5-15(20,21)14(12)28/h1-4,14,28H,5H2. The highest BCUT2D eigenvalue weighted by Crippen LogP contribution is 2.53. The second-order valence-corrected chi connectivity index (χ2v) is 7.32. The fraction of sp³-hybridized carbons (Fsp3) is 0.294. The molecular weight excluding hydrogens is 458 g/mol. The van der Waals surface area contributed by atoms with Gasteiger partial charge in [0, 0.05) is 22.4 Å². The van der Waals surface area contributed by atoms with E-state index >= 15 is 0 Å². The van der Waals surface area contributed by atoms with Gasteiger partial charge in [-0.3, -0.25) is 0 Å². The molecule has 2 nitrogen and oxygen atoms in total. The molecule has 13 heteroatoms. The molecule has 0 spiro atoms. The molecular formula is C17H8F10O2S. The molecule has 0 heterocycles. The van der Waals surface area contributed by atoms with E-state index in [1.807, 2.05) is 0 Å². The minimum absolute atomic E-state index is 0.0873. The van der Waals surface area contributed by atoms with Crippen molar-refractivity contribution >= 4 is 11.8 Å². The number of hydrogen-bond acceptors (Lipinski definition) is 3. The molecule has 1 aliphatic rings. The van der Waals surface area contributed by atoms with Crippen LogP contribution < -0.4 is 4.74 Å². The van der Waals surface area contributed by atoms with Crippen LogP contribution in [-0.2, 0) is 12.6 Å². The average molecular weight is 466 g/mol. The molecule has 0 saturated heterocycles. The lowest BCUT2D eigenvalue weighted by molar-refractivity contribution is -0.138. The van der Waals surface area contributed by atoms with E-state index in [-0.39, 0.29) is 12.1 Å². The summed E-state index contributed by atoms with van der Waals surface area (Å²) in [6.45, 7) is 0. The Hall–Kier alpha value is -2.15. The third-order valence-corrected chi connectivity index (χ3v) is 4.93. The normalized spacial score (nSPS) is 18.4. The highest BCUT2D eigenvalue weighted by molar-refractivity contribution is 8.00. The summed E-state index contributed by atoms with van der Waals surface area (Å²) in [4.78, 5) is -0.775. The highest BCUT2D eigenvalue weighted by atomic mass is 32.2. The van der Waals surface area contributed by atoms with Crippen LogP contribution in [0.3, 0.4) is 0 Å². The Morgan fingerprint density at radius 1 is 1.00 bits per heavy atom. The Morgan fingerprint density at radius 3 is 2.07 bits per heavy atom. The third kappa shape index (κ3) is 4.31. The molecule has 0 aromatic heterocycles. The first kappa shape index (κ1) is 22.5. The van der Waals surface area contributed by atoms with Crippen LogP contribution in [0.2, 0.25) is 0 Å². The van der Waals surface area contributed by atoms with Crippen molar-refractivity contribution in [3.05, 3.63) is 52.6 Å². The lowest BCUT2D eigenvalue weighted by Gasteiger charge is -2.17. The molecule has 0 radical (unpaired) electrons. The van der Waals surface area contributed by atoms with Gasteiger partial charge >= 0.3 is 11.7 Å². The molecule has 2 aromatic rings. The van der Waals surface area contributed by atoms with Crippen LogP contribution in [0.15, 0.2) is 29.2 Å². The van der Waals surface area contributed by atoms with Crippen molar-refractivity contribution in [3.63, 3.8) is 0 Å². The minimum atomic E-state index is -5.08. The quantitative estimate of drug-likeness (QED) is 0.408. The van der Waals surface area contributed by atoms with Gasteiger partial charge in [0.05, 0.1) is 5.56 Å². The zero-order valence-corrected chi connectivity index (χ0v) is 15.0. The number of ether oxygens (including phenoxy) is 1. The zero-order chi connectivity index (χ0) is 22.6. The van der Waals surface area contributed by atoms with Crippen LogP contribution in [0.25, 0.3) is 0 Å². The van der Waals surface area contributed by atoms with Crippen molar-refractivity contribution in [1.29, 1.82) is 0 Å². The van der Waals surface area contributed by atoms with Crippen molar-refractivity contribution in [2.45, 2.75) is 35.0 Å². The Morgan fingerprint density at radius 2 is 1.57 bits per heavy atom. The van der Waals surface area contributed by atoms with Crippen molar-refractivity contribution < 1.29 is 53.7 Å². The minimum Gasteiger partial charge on any atom is -0.451 e. The van der Waals surface area contributed by atoms with E-state index in [9.17, 15) is 49.0 Å². The molecule has 0 amide bonds. The molecule has 0 bridgehead atoms. The molecule has 164 valence electrons. The lowest BCUT2D eigenvalue weighted by Crippen LogP contribution is -2.21. The number of benzene rings is 2. The maximum atomic E-state index is 14.0. The van der Waals surface area contributed by atoms with Gasteiger partial charge in [0.15, 0.2) is 17.4 Å². The molecule has 30 heavy (non-hydrogen) atoms. The number of fused-ring (bicyclic) bond motifs is 1. The second-order valence-electron chi connectivity index (χ2n) is 6.21. The lowest BCUT2D eigenvalue weighted by atomic mass is 10.1. The van der Waals surface area contributed by atoms with Crippen LogP contribution in [0.4, 0.5) is 43.9 Å². The first-order valence-electron chi connectivity index (χ1n) is 7.81. The Labute approximate surface area is 165 Å². The van der Waals surface area contributed by atoms with Gasteiger partial charge in [-0.1, -0.05) is 0 Å². The molecule has 0 aliphatic heterocycles. The predicted molar refractivity (Wildman–Crippen MR) is 83.4 cm³/mol. The molecule has 1 aliphatic carbocycles. The SMILES string of the molecule is OC1c2c(SC(F)(F)F)ccc(Oc3c(F)cc(C(F)(F)F)cc3F)c2CC1(F)F. The van der Waals surface area contributed by atoms with Crippen molar-refractivity contribution in [2.75, 3.05) is 0 Å². The number of alkyl halides is 8. The topological polar surface area (TPSA) is 29.5 Å². The Bertz CT molecular complexity index is 961. The zero-order valence-electron chi connectivity index (χ0n) is 14.1. The van der Waals surface area contributed by atoms with Crippen LogP contribution >= 0.6 is 11.8 Å². The predicted octanol–water partition coefficient (Wildman–Crippen LogP) is 6.61. The number of thioether (sulfide) groups is 1. The van der Waals surface area contributed by atoms with Gasteiger partial charge in [0.2, 0.25) is 0 Å². The maximum absolute atomic E-state index is 14.0. The number of aliphatic hydroxyl groups excluding tert-OH is 1. The van der Waals surface area contributed by atoms with Crippen molar-refractivity contribution in [2.24, 2.45) is 0 Å². The monoisotopic (exact) mass is 466 g/mol. The van der Waals surface area contributed by atoms with Gasteiger partial charge < -0.3 is 9.84 Å². The van der Waals surface area contributed by atoms with Crippen molar-refractivity contribution in [1.82, 2.24) is 0 Å². The Kier molecular flexibility index (Phi) is 5.42. The first-order valence-corrected chi connectivity index (χ1v) is 8.63. The van der Waals surface area contributed by atoms with E-state index in [2.05, 4.69) is 0 Å². The molecule has 0 saturated carbocycles. The molecule has 0 fully saturated rings. The van der Waals surface area contributed by atoms with E-state index in [0.29, 0.717) is 12.1 Å². The van der Waals surface area contributed by atoms with Crippen LogP contribution in [0, 0.1) is 11.6 Å². The van der Waals surface area contributed by atoms with Gasteiger partial charge in [0.25, 0.3) is 5.92 Å². The van der Waals surface area contributed by atoms with Gasteiger partial charge in [-0.25, -0.2) is 17.6 Å². The summed E-state index contributed by atoms with van der Waals surface area (Å²) in [5, 5.41) is 9.75. The number of rotatable bonds is 3. The number of hydrogen-bond donors (Lipinski definition) is 1. The summed E-state index contributed by atoms with van der Waals surface area (Å²) in [5.74, 6) is -9.62. The smallest absolute Gasteiger partial charge is 0.446 e. The van der Waals surface area contributed by atoms with E-state index in [4.69, 9.17) is 4.74 Å². The van der Waals surface area contributed by atoms with Gasteiger partial charge in [-0.2, -0.15) is 26.3 Å². The summed E-state index contributed by atoms with van der Waals surface area (Å²) in [7, 11) is 0. The number of aliphatic hydroxyl groups is 1. The van der Waals surface area contributed by atoms with Gasteiger partial charge in [-0.15, -0.1) is 0 Å². The van der Waals surface area contributed by atoms with E-state index < -0.39 is 86.6 Å². The third-order valence-electron chi connectivity index (χ3n) is 4.12. The van der Waals surface area contributed by atoms with E-state index in [0.717, 1.165) is 0 Å². The summed E-state index contributed by atoms with van der Waals surface area (Å²) in [6, 6.07) is 1.18. The van der Waals surface area contributed by atoms with Crippen LogP contribution in [-0.4, -0.2) is 16.5 Å². The number of halogens is 10. The summed E-state index contributed by atoms with van der Waals surface area (Å²) in [5.41, 5.74) is -8.05. The Balaban J connectivity index is 2.08. The first-order chi connectivity index (χ1) is 13.6.